The van der Waals surface area contributed by atoms with Crippen molar-refractivity contribution in [3.8, 4) is 0 Å². The van der Waals surface area contributed by atoms with Crippen molar-refractivity contribution >= 4 is 26.1 Å². The number of rotatable bonds is 4. The highest BCUT2D eigenvalue weighted by molar-refractivity contribution is 7.27. The monoisotopic (exact) mass is 279 g/mol. The fourth-order valence-corrected chi connectivity index (χ4v) is 2.77. The Balaban J connectivity index is 1.79. The second kappa shape index (κ2) is 6.52. The number of nitrogens with one attached hydrogen (secondary N) is 1. The Labute approximate surface area is 117 Å². The van der Waals surface area contributed by atoms with Gasteiger partial charge < -0.3 is 5.32 Å². The molecule has 2 rings (SSSR count). The maximum Gasteiger partial charge on any atom is 0.0205 e. The number of halogens is 1. The Morgan fingerprint density at radius 2 is 2.06 bits per heavy atom. The van der Waals surface area contributed by atoms with E-state index < -0.39 is 0 Å². The van der Waals surface area contributed by atoms with E-state index in [-0.39, 0.29) is 0 Å². The van der Waals surface area contributed by atoms with Crippen LogP contribution in [0.15, 0.2) is 47.0 Å². The second-order valence-corrected chi connectivity index (χ2v) is 5.99. The van der Waals surface area contributed by atoms with E-state index in [1.807, 2.05) is 0 Å². The van der Waals surface area contributed by atoms with Crippen molar-refractivity contribution in [2.45, 2.75) is 19.9 Å². The van der Waals surface area contributed by atoms with Crippen LogP contribution in [0.3, 0.4) is 0 Å². The quantitative estimate of drug-likeness (QED) is 0.834. The van der Waals surface area contributed by atoms with Crippen LogP contribution >= 0.6 is 20.8 Å². The third-order valence-corrected chi connectivity index (χ3v) is 3.70. The first-order valence-electron chi connectivity index (χ1n) is 6.23. The minimum absolute atomic E-state index is 0.517. The Hall–Kier alpha value is -0.620. The summed E-state index contributed by atoms with van der Waals surface area (Å²) in [6, 6.07) is 8.55. The van der Waals surface area contributed by atoms with Crippen LogP contribution in [0.5, 0.6) is 0 Å². The van der Waals surface area contributed by atoms with Crippen LogP contribution in [-0.2, 0) is 6.54 Å². The molecule has 3 heteroatoms. The summed E-state index contributed by atoms with van der Waals surface area (Å²) in [6.45, 7) is 3.99. The molecule has 0 saturated carbocycles. The molecule has 0 amide bonds. The molecule has 1 aliphatic carbocycles. The van der Waals surface area contributed by atoms with Gasteiger partial charge in [0.25, 0.3) is 0 Å². The van der Waals surface area contributed by atoms with E-state index in [9.17, 15) is 0 Å². The standard InChI is InChI=1S/C15H19ClNP/c1-11-6-13(8-14(16)7-11)10-17-9-12-2-4-15(18)5-3-12/h2-7,13,17H,8-10,18H2,1H3. The van der Waals surface area contributed by atoms with Gasteiger partial charge in [-0.1, -0.05) is 47.5 Å². The van der Waals surface area contributed by atoms with Crippen LogP contribution in [0.4, 0.5) is 0 Å². The van der Waals surface area contributed by atoms with E-state index in [1.165, 1.54) is 16.4 Å². The van der Waals surface area contributed by atoms with Gasteiger partial charge >= 0.3 is 0 Å². The maximum absolute atomic E-state index is 6.11. The summed E-state index contributed by atoms with van der Waals surface area (Å²) in [7, 11) is 2.70. The van der Waals surface area contributed by atoms with Gasteiger partial charge in [0.2, 0.25) is 0 Å². The van der Waals surface area contributed by atoms with Crippen molar-refractivity contribution in [3.05, 3.63) is 52.6 Å². The molecule has 0 aromatic heterocycles. The van der Waals surface area contributed by atoms with Gasteiger partial charge in [-0.3, -0.25) is 0 Å². The molecular formula is C15H19ClNP. The average molecular weight is 280 g/mol. The molecule has 1 nitrogen and oxygen atoms in total. The average Bonchev–Trinajstić information content (AvgIpc) is 2.30. The lowest BCUT2D eigenvalue weighted by Gasteiger charge is -2.18. The molecule has 1 N–H and O–H groups in total. The van der Waals surface area contributed by atoms with Gasteiger partial charge in [0.05, 0.1) is 0 Å². The summed E-state index contributed by atoms with van der Waals surface area (Å²) in [4.78, 5) is 0. The van der Waals surface area contributed by atoms with Gasteiger partial charge in [0, 0.05) is 18.1 Å². The molecule has 0 spiro atoms. The lowest BCUT2D eigenvalue weighted by atomic mass is 9.96. The van der Waals surface area contributed by atoms with Gasteiger partial charge in [-0.25, -0.2) is 0 Å². The van der Waals surface area contributed by atoms with Crippen LogP contribution in [0.1, 0.15) is 18.9 Å². The summed E-state index contributed by atoms with van der Waals surface area (Å²) in [5, 5.41) is 5.69. The maximum atomic E-state index is 6.11. The summed E-state index contributed by atoms with van der Waals surface area (Å²) in [6.07, 6.45) is 5.30. The minimum Gasteiger partial charge on any atom is -0.312 e. The highest BCUT2D eigenvalue weighted by atomic mass is 35.5. The van der Waals surface area contributed by atoms with Crippen LogP contribution in [0.2, 0.25) is 0 Å². The fourth-order valence-electron chi connectivity index (χ4n) is 2.20. The molecule has 2 unspecified atom stereocenters. The highest BCUT2D eigenvalue weighted by Gasteiger charge is 2.11. The summed E-state index contributed by atoms with van der Waals surface area (Å²) in [5.41, 5.74) is 2.59. The van der Waals surface area contributed by atoms with E-state index in [0.717, 1.165) is 24.5 Å². The number of hydrogen-bond donors (Lipinski definition) is 1. The zero-order valence-corrected chi connectivity index (χ0v) is 12.5. The topological polar surface area (TPSA) is 12.0 Å². The predicted molar refractivity (Wildman–Crippen MR) is 83.3 cm³/mol. The normalized spacial score (nSPS) is 19.4. The van der Waals surface area contributed by atoms with E-state index in [1.54, 1.807) is 0 Å². The lowest BCUT2D eigenvalue weighted by molar-refractivity contribution is 0.553. The summed E-state index contributed by atoms with van der Waals surface area (Å²) in [5.74, 6) is 0.517. The van der Waals surface area contributed by atoms with Crippen molar-refractivity contribution in [3.63, 3.8) is 0 Å². The molecule has 0 radical (unpaired) electrons. The van der Waals surface area contributed by atoms with Gasteiger partial charge in [-0.2, -0.15) is 0 Å². The molecule has 0 aliphatic heterocycles. The number of hydrogen-bond acceptors (Lipinski definition) is 1. The molecule has 1 aromatic carbocycles. The molecule has 2 atom stereocenters. The van der Waals surface area contributed by atoms with Crippen LogP contribution in [0.25, 0.3) is 0 Å². The van der Waals surface area contributed by atoms with Crippen LogP contribution < -0.4 is 10.6 Å². The Kier molecular flexibility index (Phi) is 5.00. The van der Waals surface area contributed by atoms with E-state index in [4.69, 9.17) is 11.6 Å². The summed E-state index contributed by atoms with van der Waals surface area (Å²) >= 11 is 6.11. The van der Waals surface area contributed by atoms with Crippen molar-refractivity contribution in [1.29, 1.82) is 0 Å². The molecule has 0 saturated heterocycles. The fraction of sp³-hybridized carbons (Fsp3) is 0.333. The SMILES string of the molecule is CC1=CC(CNCc2ccc(P)cc2)CC(Cl)=C1. The van der Waals surface area contributed by atoms with Gasteiger partial charge in [0.15, 0.2) is 0 Å². The third kappa shape index (κ3) is 4.24. The van der Waals surface area contributed by atoms with Crippen molar-refractivity contribution in [1.82, 2.24) is 5.32 Å². The highest BCUT2D eigenvalue weighted by Crippen LogP contribution is 2.24. The van der Waals surface area contributed by atoms with Crippen LogP contribution in [-0.4, -0.2) is 6.54 Å². The Morgan fingerprint density at radius 3 is 2.72 bits per heavy atom. The van der Waals surface area contributed by atoms with E-state index >= 15 is 0 Å². The van der Waals surface area contributed by atoms with Crippen molar-refractivity contribution in [2.75, 3.05) is 6.54 Å². The second-order valence-electron chi connectivity index (χ2n) is 4.84. The van der Waals surface area contributed by atoms with E-state index in [0.29, 0.717) is 5.92 Å². The zero-order valence-electron chi connectivity index (χ0n) is 10.6. The first-order chi connectivity index (χ1) is 8.63. The first-order valence-corrected chi connectivity index (χ1v) is 7.18. The third-order valence-electron chi connectivity index (χ3n) is 3.06. The van der Waals surface area contributed by atoms with Gasteiger partial charge in [-0.15, -0.1) is 9.24 Å². The zero-order chi connectivity index (χ0) is 13.0. The largest absolute Gasteiger partial charge is 0.312 e. The Bertz CT molecular complexity index is 462. The van der Waals surface area contributed by atoms with Crippen LogP contribution in [0, 0.1) is 5.92 Å². The van der Waals surface area contributed by atoms with E-state index in [2.05, 4.69) is 57.9 Å². The smallest absolute Gasteiger partial charge is 0.0205 e. The molecule has 1 aliphatic rings. The predicted octanol–water partition coefficient (Wildman–Crippen LogP) is 3.37. The number of allylic oxidation sites excluding steroid dienone is 3. The molecule has 18 heavy (non-hydrogen) atoms. The molecular weight excluding hydrogens is 261 g/mol. The minimum atomic E-state index is 0.517. The van der Waals surface area contributed by atoms with Crippen molar-refractivity contribution < 1.29 is 0 Å². The van der Waals surface area contributed by atoms with Gasteiger partial charge in [-0.05, 0) is 36.2 Å². The molecule has 0 bridgehead atoms. The molecule has 0 fully saturated rings. The molecule has 1 aromatic rings. The molecule has 96 valence electrons. The first kappa shape index (κ1) is 13.8. The summed E-state index contributed by atoms with van der Waals surface area (Å²) < 4.78 is 0. The molecule has 0 heterocycles. The Morgan fingerprint density at radius 1 is 1.33 bits per heavy atom. The van der Waals surface area contributed by atoms with Gasteiger partial charge in [0.1, 0.15) is 0 Å². The lowest BCUT2D eigenvalue weighted by Crippen LogP contribution is -2.22. The number of benzene rings is 1. The van der Waals surface area contributed by atoms with Crippen molar-refractivity contribution in [2.24, 2.45) is 5.92 Å².